The van der Waals surface area contributed by atoms with Crippen molar-refractivity contribution in [2.24, 2.45) is 0 Å². The summed E-state index contributed by atoms with van der Waals surface area (Å²) in [5.74, 6) is 0. The van der Waals surface area contributed by atoms with Crippen molar-refractivity contribution in [3.05, 3.63) is 0 Å². The minimum absolute atomic E-state index is 0.918. The van der Waals surface area contributed by atoms with Crippen LogP contribution in [0.25, 0.3) is 0 Å². The van der Waals surface area contributed by atoms with Gasteiger partial charge in [-0.2, -0.15) is 0 Å². The van der Waals surface area contributed by atoms with Crippen LogP contribution in [0.4, 0.5) is 0 Å². The summed E-state index contributed by atoms with van der Waals surface area (Å²) in [5, 5.41) is 1.37. The van der Waals surface area contributed by atoms with Gasteiger partial charge < -0.3 is 4.80 Å². The van der Waals surface area contributed by atoms with E-state index in [0.717, 1.165) is 6.04 Å². The molecule has 1 N–H and O–H groups in total. The molecule has 1 aliphatic rings. The maximum atomic E-state index is 9.06. The normalized spacial score (nSPS) is 21.3. The summed E-state index contributed by atoms with van der Waals surface area (Å²) < 4.78 is 0. The molecule has 40 valence electrons. The molecule has 0 radical (unpaired) electrons. The highest BCUT2D eigenvalue weighted by Crippen LogP contribution is 2.06. The predicted octanol–water partition coefficient (Wildman–Crippen LogP) is 0.538. The molecular weight excluding hydrogens is 104 g/mol. The van der Waals surface area contributed by atoms with Gasteiger partial charge in [-0.05, 0) is 25.8 Å². The quantitative estimate of drug-likeness (QED) is 0.456. The van der Waals surface area contributed by atoms with Crippen molar-refractivity contribution in [3.63, 3.8) is 0 Å². The molecule has 1 aliphatic heterocycles. The molecule has 0 unspecified atom stereocenters. The Bertz CT molecular complexity index is 94.6. The molecule has 0 fully saturated rings. The van der Waals surface area contributed by atoms with E-state index in [4.69, 9.17) is 4.80 Å². The average Bonchev–Trinajstić information content (AvgIpc) is 1.91. The average molecular weight is 114 g/mol. The molecule has 7 heavy (non-hydrogen) atoms. The standard InChI is InChI=1S/C5H10OSi/c1-5-3-2-4-7(5)6/h6H,2-4H2,1H3. The third-order valence-electron chi connectivity index (χ3n) is 1.46. The Labute approximate surface area is 45.3 Å². The smallest absolute Gasteiger partial charge is 0.227 e. The molecule has 0 spiro atoms. The number of hydrogen-bond donors (Lipinski definition) is 1. The van der Waals surface area contributed by atoms with Crippen LogP contribution in [0.3, 0.4) is 0 Å². The van der Waals surface area contributed by atoms with Crippen LogP contribution in [-0.2, 0) is 0 Å². The Kier molecular flexibility index (Phi) is 1.28. The summed E-state index contributed by atoms with van der Waals surface area (Å²) in [6.45, 7) is 2.07. The molecule has 2 heteroatoms. The fourth-order valence-electron chi connectivity index (χ4n) is 0.879. The molecule has 0 aromatic rings. The Morgan fingerprint density at radius 3 is 2.57 bits per heavy atom. The van der Waals surface area contributed by atoms with Gasteiger partial charge in [0.05, 0.1) is 0 Å². The second-order valence-corrected chi connectivity index (χ2v) is 4.33. The van der Waals surface area contributed by atoms with Crippen molar-refractivity contribution >= 4 is 13.8 Å². The molecule has 0 aliphatic carbocycles. The van der Waals surface area contributed by atoms with E-state index in [1.54, 1.807) is 0 Å². The van der Waals surface area contributed by atoms with E-state index in [-0.39, 0.29) is 0 Å². The van der Waals surface area contributed by atoms with Gasteiger partial charge in [-0.1, -0.05) is 5.17 Å². The number of hydrogen-bond acceptors (Lipinski definition) is 1. The van der Waals surface area contributed by atoms with Gasteiger partial charge in [0.25, 0.3) is 0 Å². The van der Waals surface area contributed by atoms with Crippen LogP contribution in [0, 0.1) is 0 Å². The zero-order valence-corrected chi connectivity index (χ0v) is 5.57. The molecule has 0 aromatic heterocycles. The predicted molar refractivity (Wildman–Crippen MR) is 32.7 cm³/mol. The molecule has 0 saturated heterocycles. The van der Waals surface area contributed by atoms with Crippen LogP contribution in [0.2, 0.25) is 6.04 Å². The Morgan fingerprint density at radius 2 is 2.43 bits per heavy atom. The highest BCUT2D eigenvalue weighted by Gasteiger charge is 2.09. The van der Waals surface area contributed by atoms with Crippen molar-refractivity contribution < 1.29 is 4.80 Å². The van der Waals surface area contributed by atoms with Gasteiger partial charge in [0.15, 0.2) is 0 Å². The lowest BCUT2D eigenvalue weighted by molar-refractivity contribution is 0.595. The fraction of sp³-hybridized carbons (Fsp3) is 0.800. The summed E-state index contributed by atoms with van der Waals surface area (Å²) in [6.07, 6.45) is 2.42. The number of rotatable bonds is 0. The van der Waals surface area contributed by atoms with Crippen molar-refractivity contribution in [2.75, 3.05) is 0 Å². The van der Waals surface area contributed by atoms with Gasteiger partial charge in [0, 0.05) is 0 Å². The fourth-order valence-corrected chi connectivity index (χ4v) is 2.28. The third kappa shape index (κ3) is 0.910. The lowest BCUT2D eigenvalue weighted by Gasteiger charge is -1.84. The summed E-state index contributed by atoms with van der Waals surface area (Å²) >= 11 is 0. The second kappa shape index (κ2) is 1.78. The van der Waals surface area contributed by atoms with E-state index in [0.29, 0.717) is 0 Å². The van der Waals surface area contributed by atoms with Crippen molar-refractivity contribution in [2.45, 2.75) is 25.8 Å². The largest absolute Gasteiger partial charge is 0.565 e. The molecule has 1 nitrogen and oxygen atoms in total. The molecule has 0 aromatic carbocycles. The molecule has 1 heterocycles. The first-order valence-corrected chi connectivity index (χ1v) is 4.34. The molecule has 1 rings (SSSR count). The van der Waals surface area contributed by atoms with Gasteiger partial charge in [-0.15, -0.1) is 0 Å². The molecule has 0 atom stereocenters. The molecular formula is C5H10OSi. The second-order valence-electron chi connectivity index (χ2n) is 2.08. The van der Waals surface area contributed by atoms with Crippen LogP contribution in [-0.4, -0.2) is 18.6 Å². The van der Waals surface area contributed by atoms with Crippen LogP contribution >= 0.6 is 0 Å². The van der Waals surface area contributed by atoms with Crippen LogP contribution < -0.4 is 0 Å². The third-order valence-corrected chi connectivity index (χ3v) is 3.52. The van der Waals surface area contributed by atoms with Crippen molar-refractivity contribution in [1.82, 2.24) is 0 Å². The highest BCUT2D eigenvalue weighted by atomic mass is 28.3. The van der Waals surface area contributed by atoms with E-state index in [9.17, 15) is 0 Å². The first-order valence-electron chi connectivity index (χ1n) is 2.68. The lowest BCUT2D eigenvalue weighted by atomic mass is 10.3. The van der Waals surface area contributed by atoms with Gasteiger partial charge >= 0.3 is 0 Å². The van der Waals surface area contributed by atoms with Gasteiger partial charge in [-0.25, -0.2) is 0 Å². The zero-order valence-electron chi connectivity index (χ0n) is 4.57. The van der Waals surface area contributed by atoms with Crippen LogP contribution in [0.15, 0.2) is 0 Å². The van der Waals surface area contributed by atoms with Crippen molar-refractivity contribution in [3.8, 4) is 0 Å². The Balaban J connectivity index is 2.64. The van der Waals surface area contributed by atoms with Gasteiger partial charge in [-0.3, -0.25) is 0 Å². The van der Waals surface area contributed by atoms with E-state index >= 15 is 0 Å². The monoisotopic (exact) mass is 114 g/mol. The minimum atomic E-state index is -0.918. The zero-order chi connectivity index (χ0) is 5.28. The van der Waals surface area contributed by atoms with E-state index < -0.39 is 8.65 Å². The van der Waals surface area contributed by atoms with Crippen molar-refractivity contribution in [1.29, 1.82) is 0 Å². The van der Waals surface area contributed by atoms with E-state index in [1.165, 1.54) is 18.0 Å². The SMILES string of the molecule is CC1=[Si](O)CCC1. The Hall–Kier alpha value is -0.113. The van der Waals surface area contributed by atoms with Crippen LogP contribution in [0.5, 0.6) is 0 Å². The van der Waals surface area contributed by atoms with Crippen LogP contribution in [0.1, 0.15) is 19.8 Å². The minimum Gasteiger partial charge on any atom is -0.565 e. The van der Waals surface area contributed by atoms with Gasteiger partial charge in [0.1, 0.15) is 0 Å². The Morgan fingerprint density at radius 1 is 1.71 bits per heavy atom. The summed E-state index contributed by atoms with van der Waals surface area (Å²) in [7, 11) is -0.918. The lowest BCUT2D eigenvalue weighted by Crippen LogP contribution is -2.02. The molecule has 0 amide bonds. The van der Waals surface area contributed by atoms with E-state index in [1.807, 2.05) is 0 Å². The first kappa shape index (κ1) is 5.03. The summed E-state index contributed by atoms with van der Waals surface area (Å²) in [4.78, 5) is 9.06. The maximum Gasteiger partial charge on any atom is 0.227 e. The molecule has 0 saturated carbocycles. The first-order chi connectivity index (χ1) is 3.30. The highest BCUT2D eigenvalue weighted by molar-refractivity contribution is 6.65. The summed E-state index contributed by atoms with van der Waals surface area (Å²) in [5.41, 5.74) is 0. The molecule has 0 bridgehead atoms. The maximum absolute atomic E-state index is 9.06. The topological polar surface area (TPSA) is 20.2 Å². The van der Waals surface area contributed by atoms with E-state index in [2.05, 4.69) is 6.92 Å². The van der Waals surface area contributed by atoms with Gasteiger partial charge in [0.2, 0.25) is 8.65 Å². The summed E-state index contributed by atoms with van der Waals surface area (Å²) in [6, 6.07) is 1.09.